The molecule has 2 aliphatic rings. The number of nitrogens with one attached hydrogen (secondary N) is 1. The van der Waals surface area contributed by atoms with Gasteiger partial charge >= 0.3 is 17.2 Å². The van der Waals surface area contributed by atoms with Crippen LogP contribution in [0.15, 0.2) is 30.3 Å². The Morgan fingerprint density at radius 1 is 1.26 bits per heavy atom. The third-order valence-electron chi connectivity index (χ3n) is 5.56. The lowest BCUT2D eigenvalue weighted by atomic mass is 10.2. The van der Waals surface area contributed by atoms with E-state index in [0.29, 0.717) is 37.6 Å². The number of rotatable bonds is 7. The number of carbonyl (C=O) groups is 2. The Hall–Kier alpha value is -3.61. The van der Waals surface area contributed by atoms with Gasteiger partial charge in [0.2, 0.25) is 0 Å². The van der Waals surface area contributed by atoms with Crippen LogP contribution in [0.5, 0.6) is 0 Å². The van der Waals surface area contributed by atoms with Crippen LogP contribution in [-0.2, 0) is 9.47 Å². The Bertz CT molecular complexity index is 1070. The van der Waals surface area contributed by atoms with Gasteiger partial charge in [0.1, 0.15) is 11.9 Å². The Balaban J connectivity index is 1.35. The zero-order valence-electron chi connectivity index (χ0n) is 18.4. The number of nitrogens with zero attached hydrogens (tertiary/aromatic N) is 4. The van der Waals surface area contributed by atoms with E-state index in [4.69, 9.17) is 9.47 Å². The Morgan fingerprint density at radius 3 is 2.65 bits per heavy atom. The molecule has 1 unspecified atom stereocenters. The second kappa shape index (κ2) is 10.1. The van der Waals surface area contributed by atoms with Crippen LogP contribution < -0.4 is 20.0 Å². The molecular weight excluding hydrogens is 469 g/mol. The molecule has 1 N–H and O–H groups in total. The van der Waals surface area contributed by atoms with Gasteiger partial charge in [0.25, 0.3) is 0 Å². The van der Waals surface area contributed by atoms with Crippen molar-refractivity contribution in [3.05, 3.63) is 46.3 Å². The summed E-state index contributed by atoms with van der Waals surface area (Å²) in [6, 6.07) is 7.82. The normalized spacial score (nSPS) is 18.1. The molecule has 4 rings (SSSR count). The summed E-state index contributed by atoms with van der Waals surface area (Å²) in [5.41, 5.74) is 0.795. The summed E-state index contributed by atoms with van der Waals surface area (Å²) in [4.78, 5) is 39.5. The van der Waals surface area contributed by atoms with E-state index in [-0.39, 0.29) is 24.7 Å². The predicted octanol–water partition coefficient (Wildman–Crippen LogP) is 3.19. The summed E-state index contributed by atoms with van der Waals surface area (Å²) in [5.74, 6) is -0.460. The number of alkyl carbamates (subject to hydrolysis) is 1. The fourth-order valence-corrected chi connectivity index (χ4v) is 4.76. The van der Waals surface area contributed by atoms with Gasteiger partial charge in [-0.1, -0.05) is 0 Å². The topological polar surface area (TPSA) is 117 Å². The second-order valence-corrected chi connectivity index (χ2v) is 8.74. The molecular formula is C21H24FN5O6S. The van der Waals surface area contributed by atoms with Gasteiger partial charge in [-0.2, -0.15) is 0 Å². The molecule has 2 saturated heterocycles. The van der Waals surface area contributed by atoms with Gasteiger partial charge in [-0.25, -0.2) is 14.0 Å². The van der Waals surface area contributed by atoms with Crippen molar-refractivity contribution >= 4 is 44.9 Å². The fourth-order valence-electron chi connectivity index (χ4n) is 3.89. The van der Waals surface area contributed by atoms with E-state index in [1.165, 1.54) is 17.0 Å². The number of piperazine rings is 1. The summed E-state index contributed by atoms with van der Waals surface area (Å²) < 4.78 is 25.0. The average Bonchev–Trinajstić information content (AvgIpc) is 3.45. The molecule has 13 heteroatoms. The number of hydrogen-bond donors (Lipinski definition) is 1. The summed E-state index contributed by atoms with van der Waals surface area (Å²) >= 11 is 1.13. The first kappa shape index (κ1) is 23.5. The van der Waals surface area contributed by atoms with E-state index in [2.05, 4.69) is 5.32 Å². The minimum Gasteiger partial charge on any atom is -0.450 e. The molecule has 2 fully saturated rings. The van der Waals surface area contributed by atoms with Crippen molar-refractivity contribution in [3.8, 4) is 0 Å². The highest BCUT2D eigenvalue weighted by atomic mass is 32.1. The standard InChI is InChI=1S/C21H24FN5O6S/c1-2-32-20(28)23-12-15-13-26(21(29)33-15)14-3-4-17(16(22)11-14)24-7-9-25(10-8-24)18-5-6-19(34-18)27(30)31/h3-6,11,15H,2,7-10,12-13H2,1H3,(H,23,28). The van der Waals surface area contributed by atoms with Gasteiger partial charge in [0.15, 0.2) is 0 Å². The smallest absolute Gasteiger partial charge is 0.414 e. The average molecular weight is 494 g/mol. The number of benzene rings is 1. The quantitative estimate of drug-likeness (QED) is 0.462. The summed E-state index contributed by atoms with van der Waals surface area (Å²) in [7, 11) is 0. The molecule has 1 aromatic heterocycles. The Labute approximate surface area is 198 Å². The third-order valence-corrected chi connectivity index (χ3v) is 6.65. The van der Waals surface area contributed by atoms with Gasteiger partial charge in [-0.05, 0) is 42.5 Å². The summed E-state index contributed by atoms with van der Waals surface area (Å²) in [6.07, 6.45) is -1.77. The molecule has 1 atom stereocenters. The number of nitro groups is 1. The van der Waals surface area contributed by atoms with Crippen LogP contribution in [0, 0.1) is 15.9 Å². The molecule has 11 nitrogen and oxygen atoms in total. The molecule has 0 aliphatic carbocycles. The van der Waals surface area contributed by atoms with Gasteiger partial charge < -0.3 is 24.6 Å². The molecule has 2 aliphatic heterocycles. The van der Waals surface area contributed by atoms with Crippen molar-refractivity contribution in [1.29, 1.82) is 0 Å². The highest BCUT2D eigenvalue weighted by Crippen LogP contribution is 2.33. The molecule has 2 aromatic rings. The van der Waals surface area contributed by atoms with Crippen LogP contribution in [0.2, 0.25) is 0 Å². The molecule has 0 radical (unpaired) electrons. The summed E-state index contributed by atoms with van der Waals surface area (Å²) in [6.45, 7) is 4.50. The molecule has 0 bridgehead atoms. The molecule has 0 saturated carbocycles. The van der Waals surface area contributed by atoms with Crippen LogP contribution in [0.25, 0.3) is 0 Å². The maximum Gasteiger partial charge on any atom is 0.414 e. The van der Waals surface area contributed by atoms with E-state index in [1.54, 1.807) is 25.1 Å². The van der Waals surface area contributed by atoms with Gasteiger partial charge in [-0.3, -0.25) is 15.0 Å². The number of halogens is 1. The lowest BCUT2D eigenvalue weighted by Crippen LogP contribution is -2.46. The SMILES string of the molecule is CCOC(=O)NCC1CN(c2ccc(N3CCN(c4ccc([N+](=O)[O-])s4)CC3)c(F)c2)C(=O)O1. The van der Waals surface area contributed by atoms with Crippen LogP contribution in [0.4, 0.5) is 35.4 Å². The molecule has 3 heterocycles. The highest BCUT2D eigenvalue weighted by molar-refractivity contribution is 7.19. The van der Waals surface area contributed by atoms with Gasteiger partial charge in [0.05, 0.1) is 41.0 Å². The van der Waals surface area contributed by atoms with Crippen LogP contribution >= 0.6 is 11.3 Å². The van der Waals surface area contributed by atoms with Crippen molar-refractivity contribution in [2.75, 3.05) is 60.6 Å². The number of hydrogen-bond acceptors (Lipinski definition) is 9. The molecule has 34 heavy (non-hydrogen) atoms. The fraction of sp³-hybridized carbons (Fsp3) is 0.429. The van der Waals surface area contributed by atoms with Crippen molar-refractivity contribution in [1.82, 2.24) is 5.32 Å². The number of ether oxygens (including phenoxy) is 2. The maximum absolute atomic E-state index is 15.0. The van der Waals surface area contributed by atoms with Crippen LogP contribution in [0.1, 0.15) is 6.92 Å². The van der Waals surface area contributed by atoms with Crippen molar-refractivity contribution in [2.24, 2.45) is 0 Å². The van der Waals surface area contributed by atoms with E-state index >= 15 is 0 Å². The lowest BCUT2D eigenvalue weighted by Gasteiger charge is -2.36. The second-order valence-electron chi connectivity index (χ2n) is 7.70. The first-order valence-electron chi connectivity index (χ1n) is 10.8. The number of thiophene rings is 1. The number of amides is 2. The third kappa shape index (κ3) is 5.14. The minimum atomic E-state index is -0.610. The minimum absolute atomic E-state index is 0.0958. The van der Waals surface area contributed by atoms with E-state index in [1.807, 2.05) is 9.80 Å². The van der Waals surface area contributed by atoms with Crippen LogP contribution in [0.3, 0.4) is 0 Å². The van der Waals surface area contributed by atoms with E-state index < -0.39 is 29.0 Å². The Morgan fingerprint density at radius 2 is 2.00 bits per heavy atom. The van der Waals surface area contributed by atoms with Gasteiger partial charge in [0, 0.05) is 32.2 Å². The number of carbonyl (C=O) groups excluding carboxylic acids is 2. The van der Waals surface area contributed by atoms with Crippen LogP contribution in [-0.4, -0.2) is 69.1 Å². The lowest BCUT2D eigenvalue weighted by molar-refractivity contribution is -0.380. The maximum atomic E-state index is 15.0. The molecule has 182 valence electrons. The highest BCUT2D eigenvalue weighted by Gasteiger charge is 2.33. The van der Waals surface area contributed by atoms with E-state index in [0.717, 1.165) is 16.3 Å². The summed E-state index contributed by atoms with van der Waals surface area (Å²) in [5, 5.41) is 14.3. The number of anilines is 3. The first-order valence-corrected chi connectivity index (χ1v) is 11.6. The monoisotopic (exact) mass is 493 g/mol. The molecule has 2 amide bonds. The molecule has 1 aromatic carbocycles. The largest absolute Gasteiger partial charge is 0.450 e. The van der Waals surface area contributed by atoms with Crippen molar-refractivity contribution in [3.63, 3.8) is 0 Å². The van der Waals surface area contributed by atoms with Crippen molar-refractivity contribution in [2.45, 2.75) is 13.0 Å². The van der Waals surface area contributed by atoms with E-state index in [9.17, 15) is 24.1 Å². The van der Waals surface area contributed by atoms with Crippen molar-refractivity contribution < 1.29 is 28.4 Å². The Kier molecular flexibility index (Phi) is 7.01. The molecule has 0 spiro atoms. The zero-order valence-corrected chi connectivity index (χ0v) is 19.3. The zero-order chi connectivity index (χ0) is 24.2. The first-order chi connectivity index (χ1) is 16.4. The predicted molar refractivity (Wildman–Crippen MR) is 124 cm³/mol. The van der Waals surface area contributed by atoms with Gasteiger partial charge in [-0.15, -0.1) is 0 Å². The number of cyclic esters (lactones) is 1.